The number of aliphatic hydroxyl groups excluding tert-OH is 1. The molecule has 0 aromatic heterocycles. The highest BCUT2D eigenvalue weighted by Gasteiger charge is 2.13. The van der Waals surface area contributed by atoms with Gasteiger partial charge in [-0.1, -0.05) is 12.1 Å². The van der Waals surface area contributed by atoms with Gasteiger partial charge in [0.05, 0.1) is 0 Å². The molecule has 12 heavy (non-hydrogen) atoms. The van der Waals surface area contributed by atoms with Crippen LogP contribution in [0.1, 0.15) is 10.4 Å². The molecular formula is C8H7FO3. The van der Waals surface area contributed by atoms with Crippen molar-refractivity contribution in [1.82, 2.24) is 0 Å². The van der Waals surface area contributed by atoms with Crippen LogP contribution in [0.25, 0.3) is 0 Å². The van der Waals surface area contributed by atoms with E-state index in [9.17, 15) is 9.18 Å². The number of carbonyl (C=O) groups is 1. The van der Waals surface area contributed by atoms with Crippen molar-refractivity contribution in [1.29, 1.82) is 0 Å². The zero-order chi connectivity index (χ0) is 9.14. The van der Waals surface area contributed by atoms with E-state index in [0.717, 1.165) is 6.07 Å². The summed E-state index contributed by atoms with van der Waals surface area (Å²) in [5.74, 6) is -1.49. The van der Waals surface area contributed by atoms with Crippen molar-refractivity contribution in [2.45, 2.75) is 6.29 Å². The molecule has 2 N–H and O–H groups in total. The SMILES string of the molecule is O=C(c1cccc(F)c1)C(O)O. The molecule has 0 saturated carbocycles. The molecule has 0 atom stereocenters. The van der Waals surface area contributed by atoms with Gasteiger partial charge in [-0.2, -0.15) is 0 Å². The number of aliphatic hydroxyl groups is 2. The van der Waals surface area contributed by atoms with Gasteiger partial charge in [-0.25, -0.2) is 4.39 Å². The van der Waals surface area contributed by atoms with Crippen LogP contribution in [0.2, 0.25) is 0 Å². The van der Waals surface area contributed by atoms with Gasteiger partial charge in [0, 0.05) is 5.56 Å². The largest absolute Gasteiger partial charge is 0.362 e. The molecule has 64 valence electrons. The Hall–Kier alpha value is -1.26. The van der Waals surface area contributed by atoms with Gasteiger partial charge in [0.2, 0.25) is 12.1 Å². The lowest BCUT2D eigenvalue weighted by molar-refractivity contribution is -0.0195. The van der Waals surface area contributed by atoms with E-state index in [1.807, 2.05) is 0 Å². The molecule has 1 aromatic carbocycles. The molecule has 0 saturated heterocycles. The highest BCUT2D eigenvalue weighted by molar-refractivity contribution is 5.98. The van der Waals surface area contributed by atoms with Crippen molar-refractivity contribution in [3.8, 4) is 0 Å². The van der Waals surface area contributed by atoms with E-state index < -0.39 is 17.9 Å². The van der Waals surface area contributed by atoms with Crippen molar-refractivity contribution in [3.05, 3.63) is 35.6 Å². The predicted molar refractivity (Wildman–Crippen MR) is 39.0 cm³/mol. The number of hydrogen-bond acceptors (Lipinski definition) is 3. The molecule has 0 bridgehead atoms. The Bertz CT molecular complexity index is 296. The fourth-order valence-corrected chi connectivity index (χ4v) is 0.791. The van der Waals surface area contributed by atoms with E-state index in [2.05, 4.69) is 0 Å². The Balaban J connectivity index is 2.96. The third-order valence-corrected chi connectivity index (χ3v) is 1.34. The number of halogens is 1. The van der Waals surface area contributed by atoms with E-state index in [1.165, 1.54) is 18.2 Å². The van der Waals surface area contributed by atoms with Gasteiger partial charge >= 0.3 is 0 Å². The smallest absolute Gasteiger partial charge is 0.218 e. The second-order valence-electron chi connectivity index (χ2n) is 2.25. The van der Waals surface area contributed by atoms with Gasteiger partial charge < -0.3 is 10.2 Å². The van der Waals surface area contributed by atoms with Crippen molar-refractivity contribution >= 4 is 5.78 Å². The predicted octanol–water partition coefficient (Wildman–Crippen LogP) is 0.319. The number of carbonyl (C=O) groups excluding carboxylic acids is 1. The quantitative estimate of drug-likeness (QED) is 0.496. The average molecular weight is 170 g/mol. The summed E-state index contributed by atoms with van der Waals surface area (Å²) in [6, 6.07) is 4.75. The van der Waals surface area contributed by atoms with E-state index in [1.54, 1.807) is 0 Å². The minimum atomic E-state index is -2.08. The van der Waals surface area contributed by atoms with Gasteiger partial charge in [-0.15, -0.1) is 0 Å². The number of hydrogen-bond donors (Lipinski definition) is 2. The minimum absolute atomic E-state index is 0.0509. The van der Waals surface area contributed by atoms with E-state index >= 15 is 0 Å². The van der Waals surface area contributed by atoms with Crippen LogP contribution >= 0.6 is 0 Å². The molecule has 0 radical (unpaired) electrons. The third kappa shape index (κ3) is 1.87. The molecule has 3 nitrogen and oxygen atoms in total. The molecule has 0 fully saturated rings. The van der Waals surface area contributed by atoms with Gasteiger partial charge in [-0.3, -0.25) is 4.79 Å². The maximum absolute atomic E-state index is 12.5. The van der Waals surface area contributed by atoms with E-state index in [0.29, 0.717) is 0 Å². The van der Waals surface area contributed by atoms with Crippen LogP contribution in [0.4, 0.5) is 4.39 Å². The summed E-state index contributed by atoms with van der Waals surface area (Å²) in [6.45, 7) is 0. The molecule has 0 amide bonds. The van der Waals surface area contributed by atoms with Crippen LogP contribution in [0.5, 0.6) is 0 Å². The fourth-order valence-electron chi connectivity index (χ4n) is 0.791. The van der Waals surface area contributed by atoms with Gasteiger partial charge in [0.15, 0.2) is 0 Å². The summed E-state index contributed by atoms with van der Waals surface area (Å²) >= 11 is 0. The van der Waals surface area contributed by atoms with Gasteiger partial charge in [0.25, 0.3) is 0 Å². The van der Waals surface area contributed by atoms with Crippen LogP contribution in [0.15, 0.2) is 24.3 Å². The monoisotopic (exact) mass is 170 g/mol. The molecule has 0 aliphatic heterocycles. The molecule has 0 spiro atoms. The lowest BCUT2D eigenvalue weighted by Crippen LogP contribution is -2.19. The molecule has 0 aliphatic rings. The Morgan fingerprint density at radius 1 is 1.42 bits per heavy atom. The number of rotatable bonds is 2. The normalized spacial score (nSPS) is 10.3. The second-order valence-corrected chi connectivity index (χ2v) is 2.25. The van der Waals surface area contributed by atoms with Crippen molar-refractivity contribution in [2.24, 2.45) is 0 Å². The van der Waals surface area contributed by atoms with Crippen molar-refractivity contribution < 1.29 is 19.4 Å². The molecule has 0 heterocycles. The first kappa shape index (κ1) is 8.83. The van der Waals surface area contributed by atoms with Crippen LogP contribution in [-0.4, -0.2) is 22.3 Å². The van der Waals surface area contributed by atoms with E-state index in [4.69, 9.17) is 10.2 Å². The molecule has 1 rings (SSSR count). The number of ketones is 1. The molecule has 4 heteroatoms. The highest BCUT2D eigenvalue weighted by atomic mass is 19.1. The summed E-state index contributed by atoms with van der Waals surface area (Å²) in [4.78, 5) is 10.8. The second kappa shape index (κ2) is 3.42. The first-order valence-corrected chi connectivity index (χ1v) is 3.27. The lowest BCUT2D eigenvalue weighted by Gasteiger charge is -2.01. The Kier molecular flexibility index (Phi) is 2.52. The first-order valence-electron chi connectivity index (χ1n) is 3.27. The van der Waals surface area contributed by atoms with Crippen LogP contribution in [0.3, 0.4) is 0 Å². The summed E-state index contributed by atoms with van der Waals surface area (Å²) < 4.78 is 12.5. The van der Waals surface area contributed by atoms with Crippen LogP contribution < -0.4 is 0 Å². The Morgan fingerprint density at radius 3 is 2.58 bits per heavy atom. The minimum Gasteiger partial charge on any atom is -0.362 e. The number of benzene rings is 1. The van der Waals surface area contributed by atoms with Crippen LogP contribution in [0, 0.1) is 5.82 Å². The Labute approximate surface area is 68.1 Å². The summed E-state index contributed by atoms with van der Waals surface area (Å²) in [7, 11) is 0. The molecule has 0 aliphatic carbocycles. The van der Waals surface area contributed by atoms with Crippen molar-refractivity contribution in [3.63, 3.8) is 0 Å². The fraction of sp³-hybridized carbons (Fsp3) is 0.125. The van der Waals surface area contributed by atoms with Crippen molar-refractivity contribution in [2.75, 3.05) is 0 Å². The zero-order valence-corrected chi connectivity index (χ0v) is 6.07. The summed E-state index contributed by atoms with van der Waals surface area (Å²) in [5.41, 5.74) is -0.0509. The van der Waals surface area contributed by atoms with Crippen LogP contribution in [-0.2, 0) is 0 Å². The topological polar surface area (TPSA) is 57.5 Å². The molecule has 1 aromatic rings. The zero-order valence-electron chi connectivity index (χ0n) is 6.07. The lowest BCUT2D eigenvalue weighted by atomic mass is 10.1. The van der Waals surface area contributed by atoms with Gasteiger partial charge in [0.1, 0.15) is 5.82 Å². The maximum Gasteiger partial charge on any atom is 0.218 e. The summed E-state index contributed by atoms with van der Waals surface area (Å²) in [5, 5.41) is 16.9. The number of Topliss-reactive ketones (excluding diaryl/α,β-unsaturated/α-hetero) is 1. The third-order valence-electron chi connectivity index (χ3n) is 1.34. The molecule has 0 unspecified atom stereocenters. The van der Waals surface area contributed by atoms with E-state index in [-0.39, 0.29) is 5.56 Å². The van der Waals surface area contributed by atoms with Gasteiger partial charge in [-0.05, 0) is 12.1 Å². The first-order chi connectivity index (χ1) is 5.61. The summed E-state index contributed by atoms with van der Waals surface area (Å²) in [6.07, 6.45) is -2.08. The molecular weight excluding hydrogens is 163 g/mol. The Morgan fingerprint density at radius 2 is 2.08 bits per heavy atom. The highest BCUT2D eigenvalue weighted by Crippen LogP contribution is 2.05. The standard InChI is InChI=1S/C8H7FO3/c9-6-3-1-2-5(4-6)7(10)8(11)12/h1-4,8,11-12H. The average Bonchev–Trinajstić information content (AvgIpc) is 2.03. The maximum atomic E-state index is 12.5.